The summed E-state index contributed by atoms with van der Waals surface area (Å²) in [6, 6.07) is 0. The number of nitrogens with two attached hydrogens (primary N) is 2. The lowest BCUT2D eigenvalue weighted by Crippen LogP contribution is -2.34. The summed E-state index contributed by atoms with van der Waals surface area (Å²) in [7, 11) is 0. The zero-order chi connectivity index (χ0) is 13.6. The first-order valence-electron chi connectivity index (χ1n) is 6.01. The van der Waals surface area contributed by atoms with Gasteiger partial charge in [-0.1, -0.05) is 6.58 Å². The monoisotopic (exact) mass is 272 g/mol. The first-order valence-corrected chi connectivity index (χ1v) is 6.01. The molecule has 0 spiro atoms. The maximum absolute atomic E-state index is 10.9. The Morgan fingerprint density at radius 1 is 1.00 bits per heavy atom. The lowest BCUT2D eigenvalue weighted by molar-refractivity contribution is -0.182. The SMILES string of the molecule is C=C(N)C1OCC(C2CC3OC(C(N)=O)OC3O2)O1. The number of hydrogen-bond donors (Lipinski definition) is 2. The van der Waals surface area contributed by atoms with Crippen molar-refractivity contribution in [1.82, 2.24) is 0 Å². The van der Waals surface area contributed by atoms with Crippen molar-refractivity contribution in [2.75, 3.05) is 6.61 Å². The molecule has 6 unspecified atom stereocenters. The molecule has 8 heteroatoms. The Labute approximate surface area is 109 Å². The van der Waals surface area contributed by atoms with Crippen molar-refractivity contribution in [3.8, 4) is 0 Å². The quantitative estimate of drug-likeness (QED) is 0.645. The van der Waals surface area contributed by atoms with Gasteiger partial charge in [0.15, 0.2) is 12.6 Å². The van der Waals surface area contributed by atoms with E-state index < -0.39 is 24.8 Å². The third kappa shape index (κ3) is 2.33. The molecule has 3 aliphatic rings. The molecule has 19 heavy (non-hydrogen) atoms. The number of rotatable bonds is 3. The maximum Gasteiger partial charge on any atom is 0.274 e. The van der Waals surface area contributed by atoms with Gasteiger partial charge in [-0.25, -0.2) is 0 Å². The molecule has 0 bridgehead atoms. The van der Waals surface area contributed by atoms with Gasteiger partial charge >= 0.3 is 0 Å². The molecule has 106 valence electrons. The third-order valence-electron chi connectivity index (χ3n) is 3.29. The highest BCUT2D eigenvalue weighted by atomic mass is 16.8. The normalized spacial score (nSPS) is 45.3. The molecule has 0 aliphatic carbocycles. The fraction of sp³-hybridized carbons (Fsp3) is 0.727. The van der Waals surface area contributed by atoms with Gasteiger partial charge in [0.2, 0.25) is 6.29 Å². The number of hydrogen-bond acceptors (Lipinski definition) is 7. The van der Waals surface area contributed by atoms with Crippen LogP contribution in [-0.2, 0) is 28.5 Å². The summed E-state index contributed by atoms with van der Waals surface area (Å²) in [5, 5.41) is 0. The van der Waals surface area contributed by atoms with Crippen molar-refractivity contribution in [1.29, 1.82) is 0 Å². The zero-order valence-corrected chi connectivity index (χ0v) is 10.2. The van der Waals surface area contributed by atoms with Gasteiger partial charge < -0.3 is 35.2 Å². The molecule has 3 heterocycles. The van der Waals surface area contributed by atoms with E-state index in [9.17, 15) is 4.79 Å². The minimum atomic E-state index is -1.03. The van der Waals surface area contributed by atoms with Gasteiger partial charge in [0.1, 0.15) is 12.2 Å². The lowest BCUT2D eigenvalue weighted by atomic mass is 10.1. The molecule has 4 N–H and O–H groups in total. The summed E-state index contributed by atoms with van der Waals surface area (Å²) in [4.78, 5) is 10.9. The van der Waals surface area contributed by atoms with E-state index in [-0.39, 0.29) is 18.3 Å². The minimum Gasteiger partial charge on any atom is -0.398 e. The van der Waals surface area contributed by atoms with Crippen molar-refractivity contribution in [3.05, 3.63) is 12.3 Å². The van der Waals surface area contributed by atoms with Crippen LogP contribution in [0.5, 0.6) is 0 Å². The molecule has 3 rings (SSSR count). The molecule has 3 fully saturated rings. The topological polar surface area (TPSA) is 115 Å². The first-order chi connectivity index (χ1) is 9.04. The van der Waals surface area contributed by atoms with Crippen LogP contribution in [-0.4, -0.2) is 49.7 Å². The number of primary amides is 1. The predicted molar refractivity (Wildman–Crippen MR) is 60.2 cm³/mol. The smallest absolute Gasteiger partial charge is 0.274 e. The van der Waals surface area contributed by atoms with E-state index in [0.717, 1.165) is 0 Å². The van der Waals surface area contributed by atoms with Crippen LogP contribution in [0.1, 0.15) is 6.42 Å². The highest BCUT2D eigenvalue weighted by Gasteiger charge is 2.50. The number of carbonyl (C=O) groups is 1. The maximum atomic E-state index is 10.9. The van der Waals surface area contributed by atoms with E-state index in [0.29, 0.717) is 18.7 Å². The Bertz CT molecular complexity index is 389. The molecule has 6 atom stereocenters. The molecule has 0 aromatic heterocycles. The van der Waals surface area contributed by atoms with Crippen LogP contribution in [0.2, 0.25) is 0 Å². The van der Waals surface area contributed by atoms with Gasteiger partial charge in [0.25, 0.3) is 5.91 Å². The van der Waals surface area contributed by atoms with E-state index in [1.807, 2.05) is 0 Å². The second-order valence-electron chi connectivity index (χ2n) is 4.74. The van der Waals surface area contributed by atoms with Crippen LogP contribution in [0, 0.1) is 0 Å². The minimum absolute atomic E-state index is 0.229. The molecule has 0 saturated carbocycles. The molecule has 1 amide bonds. The fourth-order valence-electron chi connectivity index (χ4n) is 2.39. The average molecular weight is 272 g/mol. The highest BCUT2D eigenvalue weighted by molar-refractivity contribution is 5.77. The van der Waals surface area contributed by atoms with E-state index in [1.54, 1.807) is 0 Å². The largest absolute Gasteiger partial charge is 0.398 e. The van der Waals surface area contributed by atoms with Crippen molar-refractivity contribution >= 4 is 5.91 Å². The molecule has 8 nitrogen and oxygen atoms in total. The number of ether oxygens (including phenoxy) is 5. The fourth-order valence-corrected chi connectivity index (χ4v) is 2.39. The Hall–Kier alpha value is -1.19. The summed E-state index contributed by atoms with van der Waals surface area (Å²) in [5.41, 5.74) is 10.9. The van der Waals surface area contributed by atoms with Crippen LogP contribution in [0.3, 0.4) is 0 Å². The van der Waals surface area contributed by atoms with Crippen molar-refractivity contribution in [2.45, 2.75) is 43.6 Å². The summed E-state index contributed by atoms with van der Waals surface area (Å²) in [5.74, 6) is -0.658. The van der Waals surface area contributed by atoms with E-state index in [2.05, 4.69) is 6.58 Å². The third-order valence-corrected chi connectivity index (χ3v) is 3.29. The molecule has 0 aromatic carbocycles. The Kier molecular flexibility index (Phi) is 3.19. The van der Waals surface area contributed by atoms with Crippen molar-refractivity contribution < 1.29 is 28.5 Å². The number of fused-ring (bicyclic) bond motifs is 1. The first kappa shape index (κ1) is 12.8. The van der Waals surface area contributed by atoms with Crippen LogP contribution in [0.4, 0.5) is 0 Å². The van der Waals surface area contributed by atoms with Gasteiger partial charge in [-0.15, -0.1) is 0 Å². The molecule has 0 radical (unpaired) electrons. The zero-order valence-electron chi connectivity index (χ0n) is 10.2. The average Bonchev–Trinajstić information content (AvgIpc) is 3.01. The Morgan fingerprint density at radius 3 is 2.32 bits per heavy atom. The number of carbonyl (C=O) groups excluding carboxylic acids is 1. The van der Waals surface area contributed by atoms with E-state index in [4.69, 9.17) is 35.2 Å². The highest BCUT2D eigenvalue weighted by Crippen LogP contribution is 2.35. The van der Waals surface area contributed by atoms with Gasteiger partial charge in [-0.05, 0) is 0 Å². The Balaban J connectivity index is 1.55. The van der Waals surface area contributed by atoms with Gasteiger partial charge in [-0.3, -0.25) is 4.79 Å². The number of amides is 1. The van der Waals surface area contributed by atoms with E-state index in [1.165, 1.54) is 0 Å². The van der Waals surface area contributed by atoms with Gasteiger partial charge in [0.05, 0.1) is 18.4 Å². The van der Waals surface area contributed by atoms with Crippen molar-refractivity contribution in [2.24, 2.45) is 11.5 Å². The summed E-state index contributed by atoms with van der Waals surface area (Å²) < 4.78 is 27.2. The van der Waals surface area contributed by atoms with E-state index >= 15 is 0 Å². The summed E-state index contributed by atoms with van der Waals surface area (Å²) >= 11 is 0. The van der Waals surface area contributed by atoms with Gasteiger partial charge in [0, 0.05) is 6.42 Å². The van der Waals surface area contributed by atoms with Crippen LogP contribution in [0.15, 0.2) is 12.3 Å². The predicted octanol–water partition coefficient (Wildman–Crippen LogP) is -1.46. The van der Waals surface area contributed by atoms with Crippen LogP contribution >= 0.6 is 0 Å². The Morgan fingerprint density at radius 2 is 1.74 bits per heavy atom. The molecule has 3 aliphatic heterocycles. The van der Waals surface area contributed by atoms with Gasteiger partial charge in [-0.2, -0.15) is 0 Å². The standard InChI is InChI=1S/C11H16N2O6/c1-4(12)9-15-3-7(18-9)5-2-6-10(16-5)19-11(17-6)8(13)14/h5-7,9-11H,1-3,12H2,(H2,13,14). The molecular formula is C11H16N2O6. The second-order valence-corrected chi connectivity index (χ2v) is 4.74. The molecule has 0 aromatic rings. The summed E-state index contributed by atoms with van der Waals surface area (Å²) in [6.07, 6.45) is -2.48. The second kappa shape index (κ2) is 4.73. The molecular weight excluding hydrogens is 256 g/mol. The van der Waals surface area contributed by atoms with Crippen LogP contribution < -0.4 is 11.5 Å². The molecule has 3 saturated heterocycles. The lowest BCUT2D eigenvalue weighted by Gasteiger charge is -2.19. The van der Waals surface area contributed by atoms with Crippen LogP contribution in [0.25, 0.3) is 0 Å². The summed E-state index contributed by atoms with van der Waals surface area (Å²) in [6.45, 7) is 3.94. The van der Waals surface area contributed by atoms with Crippen molar-refractivity contribution in [3.63, 3.8) is 0 Å².